The van der Waals surface area contributed by atoms with Gasteiger partial charge in [-0.3, -0.25) is 14.6 Å². The molecule has 1 aromatic carbocycles. The first-order chi connectivity index (χ1) is 18.9. The number of piperazine rings is 1. The van der Waals surface area contributed by atoms with Gasteiger partial charge >= 0.3 is 0 Å². The summed E-state index contributed by atoms with van der Waals surface area (Å²) in [7, 11) is 0. The Balaban J connectivity index is 1.08. The quantitative estimate of drug-likeness (QED) is 0.429. The zero-order valence-electron chi connectivity index (χ0n) is 21.8. The van der Waals surface area contributed by atoms with Crippen molar-refractivity contribution < 1.29 is 9.18 Å². The molecule has 2 aliphatic heterocycles. The minimum atomic E-state index is -0.302. The van der Waals surface area contributed by atoms with Gasteiger partial charge in [-0.2, -0.15) is 0 Å². The third kappa shape index (κ3) is 7.47. The number of piperidine rings is 1. The van der Waals surface area contributed by atoms with Crippen molar-refractivity contribution in [2.75, 3.05) is 50.7 Å². The van der Waals surface area contributed by atoms with E-state index >= 15 is 0 Å². The first kappa shape index (κ1) is 27.8. The van der Waals surface area contributed by atoms with Crippen LogP contribution >= 0.6 is 27.5 Å². The van der Waals surface area contributed by atoms with E-state index in [1.807, 2.05) is 6.08 Å². The minimum Gasteiger partial charge on any atom is -0.353 e. The first-order valence-corrected chi connectivity index (χ1v) is 14.5. The molecule has 39 heavy (non-hydrogen) atoms. The van der Waals surface area contributed by atoms with Crippen LogP contribution in [0.3, 0.4) is 0 Å². The Morgan fingerprint density at radius 2 is 1.82 bits per heavy atom. The van der Waals surface area contributed by atoms with E-state index in [4.69, 9.17) is 11.6 Å². The molecule has 2 aromatic rings. The number of hydrogen-bond donors (Lipinski definition) is 1. The van der Waals surface area contributed by atoms with Gasteiger partial charge in [0.05, 0.1) is 10.6 Å². The number of allylic oxidation sites excluding steroid dienone is 3. The van der Waals surface area contributed by atoms with Gasteiger partial charge in [0.1, 0.15) is 11.6 Å². The fraction of sp³-hybridized carbons (Fsp3) is 0.367. The Morgan fingerprint density at radius 3 is 2.54 bits per heavy atom. The zero-order chi connectivity index (χ0) is 27.2. The molecule has 0 radical (unpaired) electrons. The zero-order valence-corrected chi connectivity index (χ0v) is 24.1. The van der Waals surface area contributed by atoms with Crippen LogP contribution in [0.25, 0.3) is 0 Å². The van der Waals surface area contributed by atoms with Crippen molar-refractivity contribution in [3.05, 3.63) is 98.6 Å². The number of likely N-dealkylation sites (tertiary alicyclic amines) is 1. The fourth-order valence-electron chi connectivity index (χ4n) is 5.28. The van der Waals surface area contributed by atoms with Gasteiger partial charge in [0, 0.05) is 56.0 Å². The Labute approximate surface area is 242 Å². The van der Waals surface area contributed by atoms with Crippen molar-refractivity contribution in [3.8, 4) is 0 Å². The highest BCUT2D eigenvalue weighted by molar-refractivity contribution is 9.11. The van der Waals surface area contributed by atoms with Crippen LogP contribution in [0, 0.1) is 5.82 Å². The van der Waals surface area contributed by atoms with Crippen LogP contribution in [-0.4, -0.2) is 72.5 Å². The van der Waals surface area contributed by atoms with Crippen LogP contribution in [0.5, 0.6) is 0 Å². The van der Waals surface area contributed by atoms with Gasteiger partial charge < -0.3 is 10.2 Å². The van der Waals surface area contributed by atoms with Crippen LogP contribution in [0.4, 0.5) is 10.2 Å². The second kappa shape index (κ2) is 13.1. The molecule has 204 valence electrons. The van der Waals surface area contributed by atoms with E-state index in [1.165, 1.54) is 30.5 Å². The maximum Gasteiger partial charge on any atom is 0.253 e. The number of hydrogen-bond acceptors (Lipinski definition) is 5. The van der Waals surface area contributed by atoms with Crippen LogP contribution in [-0.2, 0) is 6.54 Å². The SMILES string of the molecule is O=C(NCc1ccc(F)cc1)c1cnc(N2CCN(C3CCN(CC4=CC=C(Br)C=C=C4)CC3)CC2)c(Cl)c1. The molecule has 3 heterocycles. The largest absolute Gasteiger partial charge is 0.353 e. The summed E-state index contributed by atoms with van der Waals surface area (Å²) >= 11 is 10.1. The Bertz CT molecular complexity index is 1310. The van der Waals surface area contributed by atoms with Gasteiger partial charge in [-0.05, 0) is 73.5 Å². The molecule has 1 N–H and O–H groups in total. The predicted molar refractivity (Wildman–Crippen MR) is 158 cm³/mol. The van der Waals surface area contributed by atoms with E-state index in [2.05, 4.69) is 64.9 Å². The molecule has 9 heteroatoms. The van der Waals surface area contributed by atoms with Crippen LogP contribution in [0.1, 0.15) is 28.8 Å². The molecule has 1 amide bonds. The van der Waals surface area contributed by atoms with Crippen molar-refractivity contribution in [2.24, 2.45) is 0 Å². The summed E-state index contributed by atoms with van der Waals surface area (Å²) in [6, 6.07) is 8.33. The number of carbonyl (C=O) groups excluding carboxylic acids is 1. The number of nitrogens with one attached hydrogen (secondary N) is 1. The van der Waals surface area contributed by atoms with E-state index in [-0.39, 0.29) is 11.7 Å². The number of benzene rings is 1. The van der Waals surface area contributed by atoms with Crippen molar-refractivity contribution >= 4 is 39.3 Å². The normalized spacial score (nSPS) is 19.0. The molecule has 3 aliphatic rings. The summed E-state index contributed by atoms with van der Waals surface area (Å²) < 4.78 is 14.1. The number of nitrogens with zero attached hydrogens (tertiary/aromatic N) is 4. The monoisotopic (exact) mass is 611 g/mol. The van der Waals surface area contributed by atoms with E-state index in [0.29, 0.717) is 23.2 Å². The van der Waals surface area contributed by atoms with Gasteiger partial charge in [-0.25, -0.2) is 9.37 Å². The Morgan fingerprint density at radius 1 is 1.08 bits per heavy atom. The van der Waals surface area contributed by atoms with Crippen molar-refractivity contribution in [1.29, 1.82) is 0 Å². The van der Waals surface area contributed by atoms with Crippen molar-refractivity contribution in [3.63, 3.8) is 0 Å². The number of amides is 1. The summed E-state index contributed by atoms with van der Waals surface area (Å²) in [5, 5.41) is 3.31. The highest BCUT2D eigenvalue weighted by atomic mass is 79.9. The first-order valence-electron chi connectivity index (χ1n) is 13.3. The molecule has 0 atom stereocenters. The third-order valence-corrected chi connectivity index (χ3v) is 8.26. The molecule has 2 saturated heterocycles. The Hall–Kier alpha value is -2.74. The van der Waals surface area contributed by atoms with Gasteiger partial charge in [0.25, 0.3) is 5.91 Å². The molecule has 5 rings (SSSR count). The summed E-state index contributed by atoms with van der Waals surface area (Å²) in [5.41, 5.74) is 5.74. The van der Waals surface area contributed by atoms with Crippen LogP contribution < -0.4 is 10.2 Å². The molecule has 2 fully saturated rings. The van der Waals surface area contributed by atoms with Crippen molar-refractivity contribution in [2.45, 2.75) is 25.4 Å². The van der Waals surface area contributed by atoms with Crippen molar-refractivity contribution in [1.82, 2.24) is 20.1 Å². The number of rotatable bonds is 7. The van der Waals surface area contributed by atoms with E-state index in [1.54, 1.807) is 24.4 Å². The molecule has 0 saturated carbocycles. The summed E-state index contributed by atoms with van der Waals surface area (Å²) in [6.45, 7) is 7.12. The lowest BCUT2D eigenvalue weighted by Gasteiger charge is -2.43. The highest BCUT2D eigenvalue weighted by Gasteiger charge is 2.28. The van der Waals surface area contributed by atoms with E-state index in [9.17, 15) is 9.18 Å². The standard InChI is InChI=1S/C30H32BrClFN5O/c31-25-3-1-2-23(4-7-25)21-36-12-10-27(11-13-36)37-14-16-38(17-15-37)29-28(32)18-24(20-34-29)30(39)35-19-22-5-8-26(33)9-6-22/h2-9,18,20,27H,10-17,19,21H2,(H,35,39). The van der Waals surface area contributed by atoms with E-state index < -0.39 is 0 Å². The predicted octanol–water partition coefficient (Wildman–Crippen LogP) is 5.32. The summed E-state index contributed by atoms with van der Waals surface area (Å²) in [5.74, 6) is 0.160. The molecule has 6 nitrogen and oxygen atoms in total. The number of carbonyl (C=O) groups is 1. The van der Waals surface area contributed by atoms with Crippen LogP contribution in [0.15, 0.2) is 76.6 Å². The molecule has 0 spiro atoms. The molecular formula is C30H32BrClFN5O. The molecule has 0 unspecified atom stereocenters. The number of halogens is 3. The van der Waals surface area contributed by atoms with Gasteiger partial charge in [0.2, 0.25) is 0 Å². The lowest BCUT2D eigenvalue weighted by atomic mass is 10.0. The van der Waals surface area contributed by atoms with Gasteiger partial charge in [-0.1, -0.05) is 45.7 Å². The van der Waals surface area contributed by atoms with Crippen LogP contribution in [0.2, 0.25) is 5.02 Å². The third-order valence-electron chi connectivity index (χ3n) is 7.49. The molecule has 0 bridgehead atoms. The molecular weight excluding hydrogens is 581 g/mol. The fourth-order valence-corrected chi connectivity index (χ4v) is 5.83. The topological polar surface area (TPSA) is 51.7 Å². The second-order valence-electron chi connectivity index (χ2n) is 10.1. The average Bonchev–Trinajstić information content (AvgIpc) is 3.16. The van der Waals surface area contributed by atoms with Gasteiger partial charge in [-0.15, -0.1) is 5.73 Å². The minimum absolute atomic E-state index is 0.261. The molecule has 1 aromatic heterocycles. The lowest BCUT2D eigenvalue weighted by Crippen LogP contribution is -2.53. The number of anilines is 1. The maximum atomic E-state index is 13.1. The molecule has 1 aliphatic carbocycles. The lowest BCUT2D eigenvalue weighted by molar-refractivity contribution is 0.0950. The summed E-state index contributed by atoms with van der Waals surface area (Å²) in [6.07, 6.45) is 12.2. The number of aromatic nitrogens is 1. The summed E-state index contributed by atoms with van der Waals surface area (Å²) in [4.78, 5) is 24.5. The Kier molecular flexibility index (Phi) is 9.32. The maximum absolute atomic E-state index is 13.1. The van der Waals surface area contributed by atoms with Gasteiger partial charge in [0.15, 0.2) is 0 Å². The second-order valence-corrected chi connectivity index (χ2v) is 11.4. The number of pyridine rings is 1. The highest BCUT2D eigenvalue weighted by Crippen LogP contribution is 2.27. The average molecular weight is 613 g/mol. The smallest absolute Gasteiger partial charge is 0.253 e. The van der Waals surface area contributed by atoms with E-state index in [0.717, 1.165) is 61.7 Å².